The lowest BCUT2D eigenvalue weighted by atomic mass is 9.53. The Morgan fingerprint density at radius 1 is 1.18 bits per heavy atom. The molecule has 0 unspecified atom stereocenters. The van der Waals surface area contributed by atoms with Gasteiger partial charge in [0.1, 0.15) is 0 Å². The largest absolute Gasteiger partial charge is 0.453 e. The van der Waals surface area contributed by atoms with Gasteiger partial charge in [0.2, 0.25) is 0 Å². The molecule has 4 fully saturated rings. The average Bonchev–Trinajstić information content (AvgIpc) is 3.11. The van der Waals surface area contributed by atoms with Crippen LogP contribution in [0.1, 0.15) is 56.7 Å². The molecule has 3 amide bonds. The van der Waals surface area contributed by atoms with E-state index in [2.05, 4.69) is 10.6 Å². The third-order valence-electron chi connectivity index (χ3n) is 6.49. The van der Waals surface area contributed by atoms with Crippen LogP contribution in [0.3, 0.4) is 0 Å². The van der Waals surface area contributed by atoms with E-state index in [0.29, 0.717) is 24.2 Å². The van der Waals surface area contributed by atoms with Crippen LogP contribution in [0.2, 0.25) is 0 Å². The number of hydrogen-bond donors (Lipinski definition) is 2. The summed E-state index contributed by atoms with van der Waals surface area (Å²) < 4.78 is 5.18. The zero-order valence-corrected chi connectivity index (χ0v) is 17.1. The van der Waals surface area contributed by atoms with Crippen molar-refractivity contribution in [1.29, 1.82) is 0 Å². The molecule has 0 spiro atoms. The molecule has 4 aliphatic carbocycles. The van der Waals surface area contributed by atoms with Crippen LogP contribution in [-0.2, 0) is 20.7 Å². The molecule has 1 aromatic rings. The lowest BCUT2D eigenvalue weighted by Gasteiger charge is -2.56. The molecule has 4 bridgehead atoms. The summed E-state index contributed by atoms with van der Waals surface area (Å²) in [6.07, 6.45) is 6.77. The van der Waals surface area contributed by atoms with Gasteiger partial charge in [-0.2, -0.15) is 0 Å². The van der Waals surface area contributed by atoms with Gasteiger partial charge in [0.05, 0.1) is 6.42 Å². The average molecular weight is 405 g/mol. The third-order valence-corrected chi connectivity index (χ3v) is 7.42. The third kappa shape index (κ3) is 4.40. The molecule has 28 heavy (non-hydrogen) atoms. The first-order chi connectivity index (χ1) is 13.4. The van der Waals surface area contributed by atoms with Gasteiger partial charge in [0.15, 0.2) is 6.10 Å². The molecular weight excluding hydrogens is 376 g/mol. The number of rotatable bonds is 6. The van der Waals surface area contributed by atoms with Crippen molar-refractivity contribution in [1.82, 2.24) is 10.6 Å². The molecule has 1 atom stereocenters. The smallest absolute Gasteiger partial charge is 0.321 e. The maximum Gasteiger partial charge on any atom is 0.321 e. The zero-order valence-electron chi connectivity index (χ0n) is 16.2. The van der Waals surface area contributed by atoms with Crippen LogP contribution in [0.5, 0.6) is 0 Å². The molecule has 0 aromatic carbocycles. The number of thiophene rings is 1. The van der Waals surface area contributed by atoms with Gasteiger partial charge in [-0.3, -0.25) is 14.9 Å². The van der Waals surface area contributed by atoms with Crippen molar-refractivity contribution < 1.29 is 19.1 Å². The van der Waals surface area contributed by atoms with Gasteiger partial charge in [-0.25, -0.2) is 4.79 Å². The van der Waals surface area contributed by atoms with Crippen LogP contribution in [0.15, 0.2) is 17.5 Å². The predicted octanol–water partition coefficient (Wildman–Crippen LogP) is 3.41. The summed E-state index contributed by atoms with van der Waals surface area (Å²) in [5.74, 6) is 1.13. The standard InChI is InChI=1S/C21H28N2O4S/c1-13(27-18(24)5-4-17-3-2-6-28-17)19(25)22-20(26)23-21-10-14-7-15(11-21)9-16(8-14)12-21/h2-3,6,13-16H,4-5,7-12H2,1H3,(H2,22,23,25,26)/t13-,14?,15?,16?,21?/m0/s1. The van der Waals surface area contributed by atoms with E-state index in [4.69, 9.17) is 4.74 Å². The Hall–Kier alpha value is -1.89. The number of aryl methyl sites for hydroxylation is 1. The minimum absolute atomic E-state index is 0.153. The van der Waals surface area contributed by atoms with E-state index in [-0.39, 0.29) is 12.0 Å². The summed E-state index contributed by atoms with van der Waals surface area (Å²) in [7, 11) is 0. The topological polar surface area (TPSA) is 84.5 Å². The second-order valence-corrected chi connectivity index (χ2v) is 9.88. The number of hydrogen-bond acceptors (Lipinski definition) is 5. The maximum atomic E-state index is 12.4. The van der Waals surface area contributed by atoms with Gasteiger partial charge in [-0.05, 0) is 81.1 Å². The first-order valence-electron chi connectivity index (χ1n) is 10.3. The highest BCUT2D eigenvalue weighted by Crippen LogP contribution is 2.55. The minimum Gasteiger partial charge on any atom is -0.453 e. The van der Waals surface area contributed by atoms with Crippen molar-refractivity contribution >= 4 is 29.2 Å². The predicted molar refractivity (Wildman–Crippen MR) is 106 cm³/mol. The van der Waals surface area contributed by atoms with E-state index in [1.165, 1.54) is 26.2 Å². The number of carbonyl (C=O) groups excluding carboxylic acids is 3. The molecule has 6 nitrogen and oxygen atoms in total. The molecule has 4 saturated carbocycles. The molecule has 7 heteroatoms. The van der Waals surface area contributed by atoms with Gasteiger partial charge >= 0.3 is 12.0 Å². The van der Waals surface area contributed by atoms with Crippen LogP contribution in [0.25, 0.3) is 0 Å². The molecule has 4 aliphatic rings. The quantitative estimate of drug-likeness (QED) is 0.712. The van der Waals surface area contributed by atoms with Crippen LogP contribution < -0.4 is 10.6 Å². The number of ether oxygens (including phenoxy) is 1. The fourth-order valence-corrected chi connectivity index (χ4v) is 6.45. The Morgan fingerprint density at radius 2 is 1.82 bits per heavy atom. The normalized spacial score (nSPS) is 31.2. The Balaban J connectivity index is 1.23. The lowest BCUT2D eigenvalue weighted by Crippen LogP contribution is -2.62. The second kappa shape index (κ2) is 7.85. The van der Waals surface area contributed by atoms with E-state index in [1.54, 1.807) is 11.3 Å². The number of imide groups is 1. The number of urea groups is 1. The van der Waals surface area contributed by atoms with E-state index in [9.17, 15) is 14.4 Å². The number of carbonyl (C=O) groups is 3. The summed E-state index contributed by atoms with van der Waals surface area (Å²) in [6, 6.07) is 3.43. The van der Waals surface area contributed by atoms with Crippen molar-refractivity contribution in [3.8, 4) is 0 Å². The zero-order chi connectivity index (χ0) is 19.7. The number of esters is 1. The fourth-order valence-electron chi connectivity index (χ4n) is 5.74. The molecule has 152 valence electrons. The summed E-state index contributed by atoms with van der Waals surface area (Å²) in [5, 5.41) is 7.42. The highest BCUT2D eigenvalue weighted by Gasteiger charge is 2.51. The first kappa shape index (κ1) is 19.4. The SMILES string of the molecule is C[C@H](OC(=O)CCc1cccs1)C(=O)NC(=O)NC12CC3CC(CC(C3)C1)C2. The molecule has 1 heterocycles. The summed E-state index contributed by atoms with van der Waals surface area (Å²) >= 11 is 1.58. The van der Waals surface area contributed by atoms with Gasteiger partial charge in [0.25, 0.3) is 5.91 Å². The van der Waals surface area contributed by atoms with Gasteiger partial charge in [-0.1, -0.05) is 6.07 Å². The molecule has 0 saturated heterocycles. The van der Waals surface area contributed by atoms with Crippen molar-refractivity contribution in [3.05, 3.63) is 22.4 Å². The van der Waals surface area contributed by atoms with Crippen molar-refractivity contribution in [3.63, 3.8) is 0 Å². The highest BCUT2D eigenvalue weighted by molar-refractivity contribution is 7.09. The van der Waals surface area contributed by atoms with Gasteiger partial charge in [0, 0.05) is 10.4 Å². The van der Waals surface area contributed by atoms with E-state index in [1.807, 2.05) is 17.5 Å². The Kier molecular flexibility index (Phi) is 5.45. The van der Waals surface area contributed by atoms with Crippen molar-refractivity contribution in [2.24, 2.45) is 17.8 Å². The van der Waals surface area contributed by atoms with E-state index < -0.39 is 24.0 Å². The molecule has 0 radical (unpaired) electrons. The van der Waals surface area contributed by atoms with Crippen molar-refractivity contribution in [2.75, 3.05) is 0 Å². The minimum atomic E-state index is -0.988. The molecule has 1 aromatic heterocycles. The van der Waals surface area contributed by atoms with Crippen LogP contribution >= 0.6 is 11.3 Å². The Morgan fingerprint density at radius 3 is 2.39 bits per heavy atom. The fraction of sp³-hybridized carbons (Fsp3) is 0.667. The Labute approximate surface area is 169 Å². The summed E-state index contributed by atoms with van der Waals surface area (Å²) in [5.41, 5.74) is -0.153. The van der Waals surface area contributed by atoms with Gasteiger partial charge in [-0.15, -0.1) is 11.3 Å². The first-order valence-corrected chi connectivity index (χ1v) is 11.1. The van der Waals surface area contributed by atoms with Crippen LogP contribution in [0.4, 0.5) is 4.79 Å². The van der Waals surface area contributed by atoms with Gasteiger partial charge < -0.3 is 10.1 Å². The lowest BCUT2D eigenvalue weighted by molar-refractivity contribution is -0.154. The van der Waals surface area contributed by atoms with E-state index in [0.717, 1.165) is 24.1 Å². The molecule has 0 aliphatic heterocycles. The number of amides is 3. The summed E-state index contributed by atoms with van der Waals surface area (Å²) in [6.45, 7) is 1.50. The Bertz CT molecular complexity index is 710. The van der Waals surface area contributed by atoms with Crippen LogP contribution in [-0.4, -0.2) is 29.6 Å². The summed E-state index contributed by atoms with van der Waals surface area (Å²) in [4.78, 5) is 37.7. The maximum absolute atomic E-state index is 12.4. The molecular formula is C21H28N2O4S. The molecule has 5 rings (SSSR count). The van der Waals surface area contributed by atoms with Crippen molar-refractivity contribution in [2.45, 2.75) is 69.9 Å². The second-order valence-electron chi connectivity index (χ2n) is 8.85. The number of nitrogens with one attached hydrogen (secondary N) is 2. The monoisotopic (exact) mass is 404 g/mol. The highest BCUT2D eigenvalue weighted by atomic mass is 32.1. The van der Waals surface area contributed by atoms with Crippen LogP contribution in [0, 0.1) is 17.8 Å². The molecule has 2 N–H and O–H groups in total. The van der Waals surface area contributed by atoms with E-state index >= 15 is 0 Å².